The molecule has 1 aromatic heterocycles. The van der Waals surface area contributed by atoms with Crippen LogP contribution in [0.25, 0.3) is 11.0 Å². The summed E-state index contributed by atoms with van der Waals surface area (Å²) in [5.41, 5.74) is 1.92. The van der Waals surface area contributed by atoms with Gasteiger partial charge in [-0.25, -0.2) is 4.98 Å². The van der Waals surface area contributed by atoms with Gasteiger partial charge in [0.05, 0.1) is 23.5 Å². The molecule has 20 heavy (non-hydrogen) atoms. The van der Waals surface area contributed by atoms with Gasteiger partial charge in [-0.3, -0.25) is 9.69 Å². The van der Waals surface area contributed by atoms with Crippen LogP contribution in [0, 0.1) is 5.92 Å². The zero-order valence-corrected chi connectivity index (χ0v) is 12.0. The Kier molecular flexibility index (Phi) is 3.40. The summed E-state index contributed by atoms with van der Waals surface area (Å²) in [6.07, 6.45) is 0.713. The Bertz CT molecular complexity index is 668. The van der Waals surface area contributed by atoms with Crippen molar-refractivity contribution in [2.24, 2.45) is 13.0 Å². The normalized spacial score (nSPS) is 19.8. The lowest BCUT2D eigenvalue weighted by molar-refractivity contribution is -0.141. The number of fused-ring (bicyclic) bond motifs is 1. The number of rotatable bonds is 3. The first kappa shape index (κ1) is 13.4. The summed E-state index contributed by atoms with van der Waals surface area (Å²) in [4.78, 5) is 17.7. The molecule has 1 atom stereocenters. The molecule has 1 unspecified atom stereocenters. The van der Waals surface area contributed by atoms with Gasteiger partial charge in [0.2, 0.25) is 0 Å². The van der Waals surface area contributed by atoms with Crippen molar-refractivity contribution in [3.05, 3.63) is 29.0 Å². The van der Waals surface area contributed by atoms with Crippen LogP contribution in [0.4, 0.5) is 0 Å². The highest BCUT2D eigenvalue weighted by atomic mass is 35.5. The van der Waals surface area contributed by atoms with E-state index in [1.54, 1.807) is 0 Å². The van der Waals surface area contributed by atoms with Gasteiger partial charge < -0.3 is 9.67 Å². The molecular formula is C14H16ClN3O2. The molecule has 6 heteroatoms. The second kappa shape index (κ2) is 5.07. The molecule has 1 N–H and O–H groups in total. The standard InChI is InChI=1S/C14H16ClN3O2/c1-17-12-3-2-10(15)6-11(12)16-13(17)8-18-5-4-9(7-18)14(19)20/h2-3,6,9H,4-5,7-8H2,1H3,(H,19,20). The van der Waals surface area contributed by atoms with Crippen LogP contribution in [0.5, 0.6) is 0 Å². The highest BCUT2D eigenvalue weighted by Crippen LogP contribution is 2.22. The van der Waals surface area contributed by atoms with Crippen LogP contribution in [0.1, 0.15) is 12.2 Å². The molecule has 1 aliphatic rings. The van der Waals surface area contributed by atoms with Crippen molar-refractivity contribution >= 4 is 28.6 Å². The number of benzene rings is 1. The molecule has 0 radical (unpaired) electrons. The van der Waals surface area contributed by atoms with Gasteiger partial charge in [-0.1, -0.05) is 11.6 Å². The van der Waals surface area contributed by atoms with Gasteiger partial charge >= 0.3 is 5.97 Å². The molecule has 106 valence electrons. The second-order valence-electron chi connectivity index (χ2n) is 5.28. The number of aryl methyl sites for hydroxylation is 1. The topological polar surface area (TPSA) is 58.4 Å². The summed E-state index contributed by atoms with van der Waals surface area (Å²) >= 11 is 5.98. The fraction of sp³-hybridized carbons (Fsp3) is 0.429. The second-order valence-corrected chi connectivity index (χ2v) is 5.72. The van der Waals surface area contributed by atoms with Gasteiger partial charge in [-0.05, 0) is 31.2 Å². The molecule has 0 spiro atoms. The highest BCUT2D eigenvalue weighted by molar-refractivity contribution is 6.31. The van der Waals surface area contributed by atoms with Crippen molar-refractivity contribution < 1.29 is 9.90 Å². The largest absolute Gasteiger partial charge is 0.481 e. The Morgan fingerprint density at radius 3 is 3.05 bits per heavy atom. The Morgan fingerprint density at radius 1 is 1.55 bits per heavy atom. The number of halogens is 1. The molecule has 0 amide bonds. The van der Waals surface area contributed by atoms with Crippen LogP contribution in [0.15, 0.2) is 18.2 Å². The van der Waals surface area contributed by atoms with Gasteiger partial charge in [0.1, 0.15) is 5.82 Å². The predicted molar refractivity (Wildman–Crippen MR) is 76.7 cm³/mol. The van der Waals surface area contributed by atoms with Crippen LogP contribution in [-0.2, 0) is 18.4 Å². The van der Waals surface area contributed by atoms with E-state index in [4.69, 9.17) is 16.7 Å². The van der Waals surface area contributed by atoms with E-state index < -0.39 is 5.97 Å². The maximum Gasteiger partial charge on any atom is 0.307 e. The number of likely N-dealkylation sites (tertiary alicyclic amines) is 1. The van der Waals surface area contributed by atoms with E-state index in [1.165, 1.54) is 0 Å². The lowest BCUT2D eigenvalue weighted by atomic mass is 10.1. The monoisotopic (exact) mass is 293 g/mol. The van der Waals surface area contributed by atoms with Crippen molar-refractivity contribution in [2.75, 3.05) is 13.1 Å². The maximum absolute atomic E-state index is 11.0. The fourth-order valence-corrected chi connectivity index (χ4v) is 2.91. The minimum atomic E-state index is -0.704. The molecule has 1 aliphatic heterocycles. The Labute approximate surface area is 121 Å². The van der Waals surface area contributed by atoms with Gasteiger partial charge in [0.25, 0.3) is 0 Å². The molecule has 1 fully saturated rings. The number of aliphatic carboxylic acids is 1. The van der Waals surface area contributed by atoms with Crippen molar-refractivity contribution in [1.29, 1.82) is 0 Å². The predicted octanol–water partition coefficient (Wildman–Crippen LogP) is 2.13. The van der Waals surface area contributed by atoms with Crippen molar-refractivity contribution in [1.82, 2.24) is 14.5 Å². The third kappa shape index (κ3) is 2.39. The van der Waals surface area contributed by atoms with E-state index in [9.17, 15) is 4.79 Å². The molecule has 2 aromatic rings. The van der Waals surface area contributed by atoms with Crippen LogP contribution in [0.3, 0.4) is 0 Å². The van der Waals surface area contributed by atoms with Gasteiger partial charge in [-0.15, -0.1) is 0 Å². The summed E-state index contributed by atoms with van der Waals surface area (Å²) in [6.45, 7) is 2.08. The van der Waals surface area contributed by atoms with E-state index in [0.29, 0.717) is 24.5 Å². The highest BCUT2D eigenvalue weighted by Gasteiger charge is 2.28. The molecule has 1 aromatic carbocycles. The number of carboxylic acid groups (broad SMARTS) is 1. The summed E-state index contributed by atoms with van der Waals surface area (Å²) in [6, 6.07) is 5.66. The third-order valence-corrected chi connectivity index (χ3v) is 4.16. The lowest BCUT2D eigenvalue weighted by Gasteiger charge is -2.14. The third-order valence-electron chi connectivity index (χ3n) is 3.92. The molecule has 2 heterocycles. The summed E-state index contributed by atoms with van der Waals surface area (Å²) < 4.78 is 2.04. The average Bonchev–Trinajstić information content (AvgIpc) is 2.96. The number of hydrogen-bond acceptors (Lipinski definition) is 3. The number of hydrogen-bond donors (Lipinski definition) is 1. The quantitative estimate of drug-likeness (QED) is 0.942. The van der Waals surface area contributed by atoms with Crippen LogP contribution in [-0.4, -0.2) is 38.6 Å². The zero-order valence-electron chi connectivity index (χ0n) is 11.2. The van der Waals surface area contributed by atoms with Gasteiger partial charge in [0, 0.05) is 18.6 Å². The number of nitrogens with zero attached hydrogens (tertiary/aromatic N) is 3. The number of carboxylic acids is 1. The number of imidazole rings is 1. The fourth-order valence-electron chi connectivity index (χ4n) is 2.74. The Hall–Kier alpha value is -1.59. The van der Waals surface area contributed by atoms with Crippen molar-refractivity contribution in [3.63, 3.8) is 0 Å². The summed E-state index contributed by atoms with van der Waals surface area (Å²) in [5, 5.41) is 9.71. The van der Waals surface area contributed by atoms with Crippen molar-refractivity contribution in [3.8, 4) is 0 Å². The molecule has 0 bridgehead atoms. The van der Waals surface area contributed by atoms with E-state index in [0.717, 1.165) is 23.4 Å². The van der Waals surface area contributed by atoms with Gasteiger partial charge in [0.15, 0.2) is 0 Å². The number of carbonyl (C=O) groups is 1. The smallest absolute Gasteiger partial charge is 0.307 e. The SMILES string of the molecule is Cn1c(CN2CCC(C(=O)O)C2)nc2cc(Cl)ccc21. The maximum atomic E-state index is 11.0. The first-order valence-corrected chi connectivity index (χ1v) is 6.98. The minimum absolute atomic E-state index is 0.251. The molecule has 3 rings (SSSR count). The molecular weight excluding hydrogens is 278 g/mol. The van der Waals surface area contributed by atoms with Crippen LogP contribution >= 0.6 is 11.6 Å². The minimum Gasteiger partial charge on any atom is -0.481 e. The zero-order chi connectivity index (χ0) is 14.3. The van der Waals surface area contributed by atoms with E-state index >= 15 is 0 Å². The molecule has 1 saturated heterocycles. The molecule has 0 saturated carbocycles. The first-order valence-electron chi connectivity index (χ1n) is 6.60. The number of aromatic nitrogens is 2. The van der Waals surface area contributed by atoms with Crippen molar-refractivity contribution in [2.45, 2.75) is 13.0 Å². The average molecular weight is 294 g/mol. The van der Waals surface area contributed by atoms with E-state index in [-0.39, 0.29) is 5.92 Å². The first-order chi connectivity index (χ1) is 9.54. The van der Waals surface area contributed by atoms with Crippen LogP contribution in [0.2, 0.25) is 5.02 Å². The molecule has 5 nitrogen and oxygen atoms in total. The lowest BCUT2D eigenvalue weighted by Crippen LogP contribution is -2.24. The van der Waals surface area contributed by atoms with E-state index in [2.05, 4.69) is 9.88 Å². The Morgan fingerprint density at radius 2 is 2.35 bits per heavy atom. The Balaban J connectivity index is 1.81. The van der Waals surface area contributed by atoms with Gasteiger partial charge in [-0.2, -0.15) is 0 Å². The van der Waals surface area contributed by atoms with E-state index in [1.807, 2.05) is 29.8 Å². The molecule has 0 aliphatic carbocycles. The summed E-state index contributed by atoms with van der Waals surface area (Å²) in [7, 11) is 1.98. The van der Waals surface area contributed by atoms with Crippen LogP contribution < -0.4 is 0 Å². The summed E-state index contributed by atoms with van der Waals surface area (Å²) in [5.74, 6) is -0.0169.